The molecule has 1 aromatic heterocycles. The minimum absolute atomic E-state index is 0.0170. The fourth-order valence-electron chi connectivity index (χ4n) is 1.70. The van der Waals surface area contributed by atoms with Crippen LogP contribution in [0.25, 0.3) is 0 Å². The van der Waals surface area contributed by atoms with E-state index in [9.17, 15) is 0 Å². The maximum Gasteiger partial charge on any atom is 0.173 e. The van der Waals surface area contributed by atoms with Crippen molar-refractivity contribution >= 4 is 29.2 Å². The van der Waals surface area contributed by atoms with Crippen molar-refractivity contribution < 1.29 is 9.94 Å². The van der Waals surface area contributed by atoms with Crippen molar-refractivity contribution in [3.05, 3.63) is 52.7 Å². The number of thioether (sulfide) groups is 1. The van der Waals surface area contributed by atoms with Crippen LogP contribution in [-0.4, -0.2) is 23.1 Å². The maximum absolute atomic E-state index is 8.81. The van der Waals surface area contributed by atoms with Crippen LogP contribution in [0.3, 0.4) is 0 Å². The molecule has 1 aromatic carbocycles. The summed E-state index contributed by atoms with van der Waals surface area (Å²) in [6, 6.07) is 9.21. The highest BCUT2D eigenvalue weighted by atomic mass is 35.5. The molecule has 7 heteroatoms. The lowest BCUT2D eigenvalue weighted by Gasteiger charge is -2.09. The number of pyridine rings is 1. The Balaban J connectivity index is 2.15. The number of benzene rings is 1. The molecule has 0 aliphatic rings. The number of amidine groups is 1. The summed E-state index contributed by atoms with van der Waals surface area (Å²) in [7, 11) is 1.54. The summed E-state index contributed by atoms with van der Waals surface area (Å²) in [6.45, 7) is 0. The summed E-state index contributed by atoms with van der Waals surface area (Å²) in [5, 5.41) is 13.3. The number of aromatic nitrogens is 1. The molecule has 3 N–H and O–H groups in total. The summed E-state index contributed by atoms with van der Waals surface area (Å²) in [5.74, 6) is 1.27. The fraction of sp³-hybridized carbons (Fsp3) is 0.143. The van der Waals surface area contributed by atoms with Crippen LogP contribution in [0.4, 0.5) is 0 Å². The Morgan fingerprint density at radius 3 is 2.86 bits per heavy atom. The number of methoxy groups -OCH3 is 1. The fourth-order valence-corrected chi connectivity index (χ4v) is 2.60. The molecule has 0 amide bonds. The molecule has 0 radical (unpaired) electrons. The van der Waals surface area contributed by atoms with Crippen molar-refractivity contribution in [2.45, 2.75) is 10.8 Å². The molecule has 0 fully saturated rings. The number of hydrogen-bond donors (Lipinski definition) is 2. The Hall–Kier alpha value is -1.92. The van der Waals surface area contributed by atoms with Crippen molar-refractivity contribution in [1.29, 1.82) is 0 Å². The first-order valence-corrected chi connectivity index (χ1v) is 7.39. The van der Waals surface area contributed by atoms with Gasteiger partial charge in [0.1, 0.15) is 5.75 Å². The van der Waals surface area contributed by atoms with Crippen molar-refractivity contribution in [3.63, 3.8) is 0 Å². The van der Waals surface area contributed by atoms with Gasteiger partial charge in [-0.15, -0.1) is 11.8 Å². The van der Waals surface area contributed by atoms with Gasteiger partial charge in [0.2, 0.25) is 0 Å². The van der Waals surface area contributed by atoms with E-state index in [2.05, 4.69) is 10.1 Å². The summed E-state index contributed by atoms with van der Waals surface area (Å²) >= 11 is 7.37. The summed E-state index contributed by atoms with van der Waals surface area (Å²) in [5.41, 5.74) is 7.22. The van der Waals surface area contributed by atoms with E-state index in [0.29, 0.717) is 22.1 Å². The SMILES string of the molecule is COc1ccc(CSc2ccc(Cl)cn2)cc1C(N)=NO. The van der Waals surface area contributed by atoms with Crippen LogP contribution in [0.5, 0.6) is 5.75 Å². The molecule has 2 aromatic rings. The van der Waals surface area contributed by atoms with Crippen LogP contribution in [0.15, 0.2) is 46.7 Å². The van der Waals surface area contributed by atoms with Crippen LogP contribution < -0.4 is 10.5 Å². The Morgan fingerprint density at radius 1 is 1.43 bits per heavy atom. The highest BCUT2D eigenvalue weighted by Gasteiger charge is 2.09. The zero-order chi connectivity index (χ0) is 15.2. The third-order valence-electron chi connectivity index (χ3n) is 2.73. The number of rotatable bonds is 5. The molecule has 0 aliphatic heterocycles. The Bertz CT molecular complexity index is 647. The van der Waals surface area contributed by atoms with Gasteiger partial charge in [-0.25, -0.2) is 4.98 Å². The lowest BCUT2D eigenvalue weighted by molar-refractivity contribution is 0.318. The van der Waals surface area contributed by atoms with Gasteiger partial charge in [0.15, 0.2) is 5.84 Å². The van der Waals surface area contributed by atoms with Crippen LogP contribution in [0.1, 0.15) is 11.1 Å². The Morgan fingerprint density at radius 2 is 2.24 bits per heavy atom. The van der Waals surface area contributed by atoms with Crippen molar-refractivity contribution in [2.75, 3.05) is 7.11 Å². The first kappa shape index (κ1) is 15.5. The molecule has 0 aliphatic carbocycles. The average Bonchev–Trinajstić information content (AvgIpc) is 2.53. The maximum atomic E-state index is 8.81. The second kappa shape index (κ2) is 7.19. The van der Waals surface area contributed by atoms with Crippen molar-refractivity contribution in [2.24, 2.45) is 10.9 Å². The molecular weight excluding hydrogens is 310 g/mol. The Kier molecular flexibility index (Phi) is 5.30. The van der Waals surface area contributed by atoms with Crippen molar-refractivity contribution in [3.8, 4) is 5.75 Å². The molecular formula is C14H14ClN3O2S. The molecule has 5 nitrogen and oxygen atoms in total. The first-order chi connectivity index (χ1) is 10.1. The van der Waals surface area contributed by atoms with Crippen LogP contribution in [-0.2, 0) is 5.75 Å². The number of ether oxygens (including phenoxy) is 1. The molecule has 0 saturated heterocycles. The summed E-state index contributed by atoms with van der Waals surface area (Å²) in [4.78, 5) is 4.22. The molecule has 0 atom stereocenters. The minimum atomic E-state index is 0.0170. The molecule has 0 saturated carbocycles. The van der Waals surface area contributed by atoms with E-state index in [4.69, 9.17) is 27.3 Å². The minimum Gasteiger partial charge on any atom is -0.496 e. The van der Waals surface area contributed by atoms with Gasteiger partial charge in [0, 0.05) is 11.9 Å². The van der Waals surface area contributed by atoms with Gasteiger partial charge in [0.25, 0.3) is 0 Å². The summed E-state index contributed by atoms with van der Waals surface area (Å²) in [6.07, 6.45) is 1.61. The lowest BCUT2D eigenvalue weighted by Crippen LogP contribution is -2.14. The van der Waals surface area contributed by atoms with E-state index in [1.54, 1.807) is 30.1 Å². The zero-order valence-corrected chi connectivity index (χ0v) is 12.9. The highest BCUT2D eigenvalue weighted by molar-refractivity contribution is 7.98. The van der Waals surface area contributed by atoms with E-state index in [1.165, 1.54) is 7.11 Å². The molecule has 0 bridgehead atoms. The molecule has 0 spiro atoms. The smallest absolute Gasteiger partial charge is 0.173 e. The van der Waals surface area contributed by atoms with Crippen molar-refractivity contribution in [1.82, 2.24) is 4.98 Å². The second-order valence-corrected chi connectivity index (χ2v) is 5.56. The van der Waals surface area contributed by atoms with E-state index in [-0.39, 0.29) is 5.84 Å². The number of oxime groups is 1. The average molecular weight is 324 g/mol. The van der Waals surface area contributed by atoms with E-state index < -0.39 is 0 Å². The predicted octanol–water partition coefficient (Wildman–Crippen LogP) is 3.13. The monoisotopic (exact) mass is 323 g/mol. The van der Waals surface area contributed by atoms with Crippen LogP contribution in [0.2, 0.25) is 5.02 Å². The lowest BCUT2D eigenvalue weighted by atomic mass is 10.1. The van der Waals surface area contributed by atoms with Crippen LogP contribution >= 0.6 is 23.4 Å². The van der Waals surface area contributed by atoms with E-state index in [0.717, 1.165) is 10.6 Å². The molecule has 1 heterocycles. The molecule has 0 unspecified atom stereocenters. The zero-order valence-electron chi connectivity index (χ0n) is 11.3. The van der Waals surface area contributed by atoms with Gasteiger partial charge in [-0.2, -0.15) is 0 Å². The topological polar surface area (TPSA) is 80.7 Å². The van der Waals surface area contributed by atoms with Gasteiger partial charge in [-0.05, 0) is 29.8 Å². The van der Waals surface area contributed by atoms with Gasteiger partial charge >= 0.3 is 0 Å². The normalized spacial score (nSPS) is 11.4. The van der Waals surface area contributed by atoms with Gasteiger partial charge in [-0.3, -0.25) is 0 Å². The standard InChI is InChI=1S/C14H14ClN3O2S/c1-20-12-4-2-9(6-11(12)14(16)18-19)8-21-13-5-3-10(15)7-17-13/h2-7,19H,8H2,1H3,(H2,16,18). The second-order valence-electron chi connectivity index (χ2n) is 4.12. The predicted molar refractivity (Wildman–Crippen MR) is 84.3 cm³/mol. The van der Waals surface area contributed by atoms with E-state index >= 15 is 0 Å². The molecule has 110 valence electrons. The van der Waals surface area contributed by atoms with E-state index in [1.807, 2.05) is 18.2 Å². The largest absolute Gasteiger partial charge is 0.496 e. The van der Waals surface area contributed by atoms with Gasteiger partial charge in [-0.1, -0.05) is 22.8 Å². The van der Waals surface area contributed by atoms with Gasteiger partial charge in [0.05, 0.1) is 22.7 Å². The number of hydrogen-bond acceptors (Lipinski definition) is 5. The quantitative estimate of drug-likeness (QED) is 0.290. The third-order valence-corrected chi connectivity index (χ3v) is 3.97. The number of nitrogens with two attached hydrogens (primary N) is 1. The summed E-state index contributed by atoms with van der Waals surface area (Å²) < 4.78 is 5.19. The highest BCUT2D eigenvalue weighted by Crippen LogP contribution is 2.25. The number of nitrogens with zero attached hydrogens (tertiary/aromatic N) is 2. The number of halogens is 1. The third kappa shape index (κ3) is 4.03. The van der Waals surface area contributed by atoms with Gasteiger partial charge < -0.3 is 15.7 Å². The molecule has 2 rings (SSSR count). The first-order valence-electron chi connectivity index (χ1n) is 6.03. The molecule has 21 heavy (non-hydrogen) atoms. The Labute approximate surface area is 131 Å². The van der Waals surface area contributed by atoms with Crippen LogP contribution in [0, 0.1) is 0 Å².